The van der Waals surface area contributed by atoms with E-state index in [0.717, 1.165) is 35.9 Å². The molecule has 0 aliphatic heterocycles. The topological polar surface area (TPSA) is 49.4 Å². The molecule has 136 valence electrons. The highest BCUT2D eigenvalue weighted by atomic mass is 35.5. The third-order valence-corrected chi connectivity index (χ3v) is 5.87. The van der Waals surface area contributed by atoms with Gasteiger partial charge >= 0.3 is 0 Å². The van der Waals surface area contributed by atoms with Crippen LogP contribution in [0.15, 0.2) is 47.4 Å². The molecule has 0 bridgehead atoms. The number of benzene rings is 2. The number of hydrogen-bond donors (Lipinski definition) is 1. The summed E-state index contributed by atoms with van der Waals surface area (Å²) in [7, 11) is -1.75. The molecule has 2 rings (SSSR count). The Bertz CT molecular complexity index is 823. The van der Waals surface area contributed by atoms with Crippen molar-refractivity contribution >= 4 is 21.6 Å². The number of rotatable bonds is 7. The fourth-order valence-corrected chi connectivity index (χ4v) is 3.73. The molecule has 0 aliphatic rings. The van der Waals surface area contributed by atoms with Crippen molar-refractivity contribution in [2.24, 2.45) is 0 Å². The number of nitrogens with one attached hydrogen (secondary N) is 1. The maximum Gasteiger partial charge on any atom is 0.242 e. The fraction of sp³-hybridized carbons (Fsp3) is 0.333. The van der Waals surface area contributed by atoms with Crippen molar-refractivity contribution in [3.05, 3.63) is 64.4 Å². The smallest absolute Gasteiger partial charge is 0.242 e. The Labute approximate surface area is 153 Å². The lowest BCUT2D eigenvalue weighted by Gasteiger charge is -2.21. The zero-order chi connectivity index (χ0) is 18.6. The van der Waals surface area contributed by atoms with E-state index < -0.39 is 15.8 Å². The van der Waals surface area contributed by atoms with Gasteiger partial charge in [0.25, 0.3) is 0 Å². The predicted octanol–water partition coefficient (Wildman–Crippen LogP) is 3.80. The highest BCUT2D eigenvalue weighted by Gasteiger charge is 2.18. The van der Waals surface area contributed by atoms with Crippen LogP contribution in [-0.4, -0.2) is 26.4 Å². The van der Waals surface area contributed by atoms with E-state index in [2.05, 4.69) is 30.5 Å². The van der Waals surface area contributed by atoms with Crippen LogP contribution >= 0.6 is 11.6 Å². The van der Waals surface area contributed by atoms with Gasteiger partial charge in [-0.3, -0.25) is 4.90 Å². The lowest BCUT2D eigenvalue weighted by Crippen LogP contribution is -2.25. The Morgan fingerprint density at radius 1 is 1.12 bits per heavy atom. The van der Waals surface area contributed by atoms with E-state index in [1.807, 2.05) is 24.3 Å². The molecule has 0 unspecified atom stereocenters. The Kier molecular flexibility index (Phi) is 6.57. The molecule has 0 saturated carbocycles. The average molecular weight is 385 g/mol. The van der Waals surface area contributed by atoms with Crippen LogP contribution in [0.2, 0.25) is 5.02 Å². The van der Waals surface area contributed by atoms with Crippen molar-refractivity contribution < 1.29 is 12.8 Å². The first-order chi connectivity index (χ1) is 11.7. The average Bonchev–Trinajstić information content (AvgIpc) is 2.53. The number of nitrogens with zero attached hydrogens (tertiary/aromatic N) is 1. The van der Waals surface area contributed by atoms with Crippen LogP contribution in [0, 0.1) is 5.82 Å². The summed E-state index contributed by atoms with van der Waals surface area (Å²) in [6.45, 7) is 5.22. The molecule has 0 aliphatic carbocycles. The third-order valence-electron chi connectivity index (χ3n) is 3.99. The van der Waals surface area contributed by atoms with Gasteiger partial charge in [0, 0.05) is 19.1 Å². The Morgan fingerprint density at radius 3 is 2.28 bits per heavy atom. The Balaban J connectivity index is 2.03. The van der Waals surface area contributed by atoms with Gasteiger partial charge in [-0.05, 0) is 50.2 Å². The molecule has 1 N–H and O–H groups in total. The quantitative estimate of drug-likeness (QED) is 0.789. The van der Waals surface area contributed by atoms with Gasteiger partial charge in [0.15, 0.2) is 0 Å². The highest BCUT2D eigenvalue weighted by molar-refractivity contribution is 7.89. The minimum Gasteiger partial charge on any atom is -0.300 e. The van der Waals surface area contributed by atoms with Crippen LogP contribution in [0.5, 0.6) is 0 Å². The van der Waals surface area contributed by atoms with E-state index in [1.54, 1.807) is 0 Å². The molecule has 7 heteroatoms. The van der Waals surface area contributed by atoms with Crippen LogP contribution in [0.1, 0.15) is 25.0 Å². The van der Waals surface area contributed by atoms with Gasteiger partial charge < -0.3 is 0 Å². The molecular weight excluding hydrogens is 363 g/mol. The summed E-state index contributed by atoms with van der Waals surface area (Å²) in [5.41, 5.74) is 1.99. The fourth-order valence-electron chi connectivity index (χ4n) is 2.18. The second-order valence-corrected chi connectivity index (χ2v) is 8.37. The van der Waals surface area contributed by atoms with Crippen molar-refractivity contribution in [1.29, 1.82) is 0 Å². The second kappa shape index (κ2) is 8.27. The SMILES string of the molecule is CC(C)N(C)Cc1ccc(CNS(=O)(=O)c2ccc(F)cc2Cl)cc1. The van der Waals surface area contributed by atoms with E-state index in [-0.39, 0.29) is 16.5 Å². The van der Waals surface area contributed by atoms with Gasteiger partial charge in [-0.2, -0.15) is 0 Å². The molecule has 0 atom stereocenters. The van der Waals surface area contributed by atoms with Crippen LogP contribution in [0.4, 0.5) is 4.39 Å². The second-order valence-electron chi connectivity index (χ2n) is 6.22. The number of sulfonamides is 1. The summed E-state index contributed by atoms with van der Waals surface area (Å²) in [6, 6.07) is 11.4. The monoisotopic (exact) mass is 384 g/mol. The summed E-state index contributed by atoms with van der Waals surface area (Å²) in [5, 5.41) is -0.139. The van der Waals surface area contributed by atoms with Crippen LogP contribution in [-0.2, 0) is 23.1 Å². The molecular formula is C18H22ClFN2O2S. The van der Waals surface area contributed by atoms with Gasteiger partial charge in [-0.15, -0.1) is 0 Å². The van der Waals surface area contributed by atoms with Crippen LogP contribution in [0.3, 0.4) is 0 Å². The van der Waals surface area contributed by atoms with Crippen LogP contribution in [0.25, 0.3) is 0 Å². The van der Waals surface area contributed by atoms with Crippen molar-refractivity contribution in [3.63, 3.8) is 0 Å². The largest absolute Gasteiger partial charge is 0.300 e. The lowest BCUT2D eigenvalue weighted by atomic mass is 10.1. The Morgan fingerprint density at radius 2 is 1.72 bits per heavy atom. The normalized spacial score (nSPS) is 12.1. The number of halogens is 2. The van der Waals surface area contributed by atoms with Gasteiger partial charge in [0.2, 0.25) is 10.0 Å². The van der Waals surface area contributed by atoms with Gasteiger partial charge in [0.1, 0.15) is 10.7 Å². The molecule has 0 aromatic heterocycles. The van der Waals surface area contributed by atoms with Gasteiger partial charge in [0.05, 0.1) is 5.02 Å². The highest BCUT2D eigenvalue weighted by Crippen LogP contribution is 2.22. The van der Waals surface area contributed by atoms with E-state index in [1.165, 1.54) is 0 Å². The summed E-state index contributed by atoms with van der Waals surface area (Å²) < 4.78 is 40.1. The maximum absolute atomic E-state index is 13.1. The summed E-state index contributed by atoms with van der Waals surface area (Å²) >= 11 is 5.83. The first kappa shape index (κ1) is 19.8. The van der Waals surface area contributed by atoms with Crippen molar-refractivity contribution in [2.75, 3.05) is 7.05 Å². The van der Waals surface area contributed by atoms with Crippen molar-refractivity contribution in [1.82, 2.24) is 9.62 Å². The lowest BCUT2D eigenvalue weighted by molar-refractivity contribution is 0.266. The van der Waals surface area contributed by atoms with Gasteiger partial charge in [-0.25, -0.2) is 17.5 Å². The molecule has 2 aromatic carbocycles. The third kappa shape index (κ3) is 5.51. The minimum absolute atomic E-state index is 0.134. The maximum atomic E-state index is 13.1. The zero-order valence-corrected chi connectivity index (χ0v) is 16.0. The molecule has 0 heterocycles. The zero-order valence-electron chi connectivity index (χ0n) is 14.5. The van der Waals surface area contributed by atoms with Crippen LogP contribution < -0.4 is 4.72 Å². The summed E-state index contributed by atoms with van der Waals surface area (Å²) in [5.74, 6) is -0.578. The molecule has 0 spiro atoms. The predicted molar refractivity (Wildman–Crippen MR) is 98.5 cm³/mol. The van der Waals surface area contributed by atoms with E-state index in [9.17, 15) is 12.8 Å². The first-order valence-electron chi connectivity index (χ1n) is 7.92. The van der Waals surface area contributed by atoms with Crippen molar-refractivity contribution in [2.45, 2.75) is 37.9 Å². The molecule has 4 nitrogen and oxygen atoms in total. The van der Waals surface area contributed by atoms with E-state index in [4.69, 9.17) is 11.6 Å². The first-order valence-corrected chi connectivity index (χ1v) is 9.78. The number of hydrogen-bond acceptors (Lipinski definition) is 3. The summed E-state index contributed by atoms with van der Waals surface area (Å²) in [4.78, 5) is 2.08. The van der Waals surface area contributed by atoms with Crippen molar-refractivity contribution in [3.8, 4) is 0 Å². The van der Waals surface area contributed by atoms with E-state index in [0.29, 0.717) is 6.04 Å². The molecule has 0 radical (unpaired) electrons. The Hall–Kier alpha value is -1.47. The van der Waals surface area contributed by atoms with Gasteiger partial charge in [-0.1, -0.05) is 35.9 Å². The molecule has 25 heavy (non-hydrogen) atoms. The molecule has 0 amide bonds. The van der Waals surface area contributed by atoms with E-state index >= 15 is 0 Å². The molecule has 0 fully saturated rings. The summed E-state index contributed by atoms with van der Waals surface area (Å²) in [6.07, 6.45) is 0. The molecule has 2 aromatic rings. The standard InChI is InChI=1S/C18H22ClFN2O2S/c1-13(2)22(3)12-15-6-4-14(5-7-15)11-21-25(23,24)18-9-8-16(20)10-17(18)19/h4-10,13,21H,11-12H2,1-3H3. The minimum atomic E-state index is -3.80. The molecule has 0 saturated heterocycles.